The summed E-state index contributed by atoms with van der Waals surface area (Å²) in [6, 6.07) is 15.6. The maximum atomic E-state index is 14.2. The highest BCUT2D eigenvalue weighted by Crippen LogP contribution is 2.30. The predicted octanol–water partition coefficient (Wildman–Crippen LogP) is 6.86. The molecule has 0 bridgehead atoms. The van der Waals surface area contributed by atoms with Gasteiger partial charge in [-0.15, -0.1) is 0 Å². The van der Waals surface area contributed by atoms with Crippen LogP contribution in [0.3, 0.4) is 0 Å². The number of nitrogens with zero attached hydrogens (tertiary/aromatic N) is 1. The van der Waals surface area contributed by atoms with Gasteiger partial charge in [-0.05, 0) is 101 Å². The zero-order valence-corrected chi connectivity index (χ0v) is 37.3. The van der Waals surface area contributed by atoms with Crippen molar-refractivity contribution in [3.63, 3.8) is 0 Å². The number of benzene rings is 2. The Morgan fingerprint density at radius 1 is 0.617 bits per heavy atom. The van der Waals surface area contributed by atoms with Crippen molar-refractivity contribution in [2.24, 2.45) is 11.8 Å². The lowest BCUT2D eigenvalue weighted by Gasteiger charge is -2.28. The Bertz CT molecular complexity index is 1610. The van der Waals surface area contributed by atoms with Crippen molar-refractivity contribution in [1.29, 1.82) is 0 Å². The fourth-order valence-electron chi connectivity index (χ4n) is 8.08. The SMILES string of the molecule is CC(C)CC(NC(=O)[C@H](CCc1ccccc1)NC(=O)CCCCCCCCCN1CCCCC1)C(=O)N[C@@H](Cc1ccccc1)C(=O)NC(CC(C)C)C(=O)C1(C)CO1. The summed E-state index contributed by atoms with van der Waals surface area (Å²) in [5, 5.41) is 11.8. The number of amides is 4. The average molecular weight is 830 g/mol. The number of carbonyl (C=O) groups is 5. The maximum absolute atomic E-state index is 14.2. The number of epoxide rings is 1. The summed E-state index contributed by atoms with van der Waals surface area (Å²) < 4.78 is 5.43. The number of carbonyl (C=O) groups excluding carboxylic acids is 5. The Balaban J connectivity index is 1.37. The molecular weight excluding hydrogens is 755 g/mol. The molecule has 2 aliphatic heterocycles. The molecule has 11 nitrogen and oxygen atoms in total. The first-order valence-electron chi connectivity index (χ1n) is 23.0. The third-order valence-electron chi connectivity index (χ3n) is 11.7. The lowest BCUT2D eigenvalue weighted by atomic mass is 9.93. The van der Waals surface area contributed by atoms with Crippen LogP contribution < -0.4 is 21.3 Å². The number of ether oxygens (including phenoxy) is 1. The molecule has 4 amide bonds. The molecule has 2 fully saturated rings. The van der Waals surface area contributed by atoms with Gasteiger partial charge in [-0.25, -0.2) is 0 Å². The van der Waals surface area contributed by atoms with Crippen LogP contribution in [0.1, 0.15) is 136 Å². The summed E-state index contributed by atoms with van der Waals surface area (Å²) in [5.41, 5.74) is 0.956. The van der Waals surface area contributed by atoms with Crippen molar-refractivity contribution in [2.45, 2.75) is 167 Å². The van der Waals surface area contributed by atoms with Crippen molar-refractivity contribution in [2.75, 3.05) is 26.2 Å². The highest BCUT2D eigenvalue weighted by atomic mass is 16.6. The fourth-order valence-corrected chi connectivity index (χ4v) is 8.08. The first-order chi connectivity index (χ1) is 28.8. The second-order valence-corrected chi connectivity index (χ2v) is 18.3. The number of likely N-dealkylation sites (tertiary alicyclic amines) is 1. The summed E-state index contributed by atoms with van der Waals surface area (Å²) in [7, 11) is 0. The van der Waals surface area contributed by atoms with Gasteiger partial charge in [-0.1, -0.05) is 127 Å². The normalized spacial score (nSPS) is 18.6. The highest BCUT2D eigenvalue weighted by Gasteiger charge is 2.50. The zero-order valence-electron chi connectivity index (χ0n) is 37.3. The van der Waals surface area contributed by atoms with E-state index in [4.69, 9.17) is 4.74 Å². The van der Waals surface area contributed by atoms with Crippen LogP contribution >= 0.6 is 0 Å². The Labute approximate surface area is 360 Å². The van der Waals surface area contributed by atoms with E-state index in [-0.39, 0.29) is 29.9 Å². The second-order valence-electron chi connectivity index (χ2n) is 18.3. The van der Waals surface area contributed by atoms with Crippen LogP contribution in [0.25, 0.3) is 0 Å². The molecule has 5 atom stereocenters. The minimum absolute atomic E-state index is 0.0295. The van der Waals surface area contributed by atoms with Gasteiger partial charge >= 0.3 is 0 Å². The van der Waals surface area contributed by atoms with Crippen molar-refractivity contribution in [3.05, 3.63) is 71.8 Å². The first-order valence-corrected chi connectivity index (χ1v) is 23.0. The number of ketones is 1. The highest BCUT2D eigenvalue weighted by molar-refractivity contribution is 5.98. The second kappa shape index (κ2) is 25.6. The molecule has 0 spiro atoms. The molecule has 4 rings (SSSR count). The Hall–Kier alpha value is -4.09. The third kappa shape index (κ3) is 17.9. The number of rotatable bonds is 28. The molecule has 2 aliphatic rings. The maximum Gasteiger partial charge on any atom is 0.243 e. The zero-order chi connectivity index (χ0) is 43.3. The van der Waals surface area contributed by atoms with E-state index < -0.39 is 47.5 Å². The summed E-state index contributed by atoms with van der Waals surface area (Å²) in [6.07, 6.45) is 13.9. The van der Waals surface area contributed by atoms with Crippen LogP contribution in [0.4, 0.5) is 0 Å². The third-order valence-corrected chi connectivity index (χ3v) is 11.7. The molecule has 2 aromatic carbocycles. The quantitative estimate of drug-likeness (QED) is 0.0541. The van der Waals surface area contributed by atoms with Crippen molar-refractivity contribution >= 4 is 29.4 Å². The summed E-state index contributed by atoms with van der Waals surface area (Å²) in [5.74, 6) is -1.63. The molecule has 11 heteroatoms. The first kappa shape index (κ1) is 48.6. The van der Waals surface area contributed by atoms with Gasteiger partial charge in [-0.2, -0.15) is 0 Å². The number of hydrogen-bond donors (Lipinski definition) is 4. The van der Waals surface area contributed by atoms with Crippen molar-refractivity contribution in [3.8, 4) is 0 Å². The standard InChI is InChI=1S/C49H75N5O6/c1-36(2)32-41(45(56)49(5)35-60-49)51-48(59)43(34-39-24-16-12-17-25-39)53-47(58)42(33-37(3)4)52-46(57)40(28-27-38-22-14-11-15-23-38)50-44(55)26-18-9-7-6-8-10-19-29-54-30-20-13-21-31-54/h11-12,14-17,22-25,36-37,40-43H,6-10,13,18-21,26-35H2,1-5H3,(H,50,55)(H,51,59)(H,52,57)(H,53,58)/t40-,41?,42?,43-,49?/m0/s1. The number of hydrogen-bond acceptors (Lipinski definition) is 7. The molecule has 2 saturated heterocycles. The van der Waals surface area contributed by atoms with Crippen molar-refractivity contribution in [1.82, 2.24) is 26.2 Å². The van der Waals surface area contributed by atoms with Gasteiger partial charge in [0.2, 0.25) is 23.6 Å². The van der Waals surface area contributed by atoms with E-state index in [0.717, 1.165) is 30.4 Å². The van der Waals surface area contributed by atoms with Crippen LogP contribution in [0.5, 0.6) is 0 Å². The molecule has 4 N–H and O–H groups in total. The van der Waals surface area contributed by atoms with E-state index in [0.29, 0.717) is 38.7 Å². The molecule has 2 heterocycles. The molecule has 332 valence electrons. The van der Waals surface area contributed by atoms with Gasteiger partial charge in [-0.3, -0.25) is 24.0 Å². The van der Waals surface area contributed by atoms with Crippen LogP contribution in [0.15, 0.2) is 60.7 Å². The minimum Gasteiger partial charge on any atom is -0.361 e. The van der Waals surface area contributed by atoms with Crippen LogP contribution in [-0.2, 0) is 41.6 Å². The lowest BCUT2D eigenvalue weighted by Crippen LogP contribution is -2.59. The molecule has 0 saturated carbocycles. The molecule has 0 radical (unpaired) electrons. The molecule has 60 heavy (non-hydrogen) atoms. The minimum atomic E-state index is -1.02. The Morgan fingerprint density at radius 2 is 1.12 bits per heavy atom. The van der Waals surface area contributed by atoms with E-state index in [1.807, 2.05) is 88.4 Å². The Kier molecular flexibility index (Phi) is 20.7. The van der Waals surface area contributed by atoms with Gasteiger partial charge in [0.1, 0.15) is 23.7 Å². The predicted molar refractivity (Wildman–Crippen MR) is 238 cm³/mol. The Morgan fingerprint density at radius 3 is 1.72 bits per heavy atom. The van der Waals surface area contributed by atoms with Gasteiger partial charge in [0.25, 0.3) is 0 Å². The lowest BCUT2D eigenvalue weighted by molar-refractivity contribution is -0.135. The molecule has 2 aromatic rings. The van der Waals surface area contributed by atoms with Crippen LogP contribution in [0.2, 0.25) is 0 Å². The average Bonchev–Trinajstić information content (AvgIpc) is 3.99. The van der Waals surface area contributed by atoms with Gasteiger partial charge < -0.3 is 30.9 Å². The number of aryl methyl sites for hydroxylation is 1. The smallest absolute Gasteiger partial charge is 0.243 e. The van der Waals surface area contributed by atoms with Gasteiger partial charge in [0.05, 0.1) is 12.6 Å². The molecular formula is C49H75N5O6. The number of Topliss-reactive ketones (excluding diaryl/α,β-unsaturated/α-hetero) is 1. The molecule has 0 aromatic heterocycles. The van der Waals surface area contributed by atoms with Gasteiger partial charge in [0, 0.05) is 12.8 Å². The van der Waals surface area contributed by atoms with Crippen molar-refractivity contribution < 1.29 is 28.7 Å². The summed E-state index contributed by atoms with van der Waals surface area (Å²) in [6.45, 7) is 13.7. The van der Waals surface area contributed by atoms with E-state index >= 15 is 0 Å². The fraction of sp³-hybridized carbons (Fsp3) is 0.653. The topological polar surface area (TPSA) is 149 Å². The number of unbranched alkanes of at least 4 members (excludes halogenated alkanes) is 6. The van der Waals surface area contributed by atoms with E-state index in [9.17, 15) is 24.0 Å². The van der Waals surface area contributed by atoms with E-state index in [1.54, 1.807) is 6.92 Å². The number of nitrogens with one attached hydrogen (secondary N) is 4. The summed E-state index contributed by atoms with van der Waals surface area (Å²) in [4.78, 5) is 71.6. The molecule has 0 aliphatic carbocycles. The van der Waals surface area contributed by atoms with E-state index in [2.05, 4.69) is 26.2 Å². The van der Waals surface area contributed by atoms with Crippen LogP contribution in [-0.4, -0.2) is 90.3 Å². The molecule has 3 unspecified atom stereocenters. The monoisotopic (exact) mass is 830 g/mol. The van der Waals surface area contributed by atoms with E-state index in [1.165, 1.54) is 64.6 Å². The summed E-state index contributed by atoms with van der Waals surface area (Å²) >= 11 is 0. The largest absolute Gasteiger partial charge is 0.361 e. The van der Waals surface area contributed by atoms with Gasteiger partial charge in [0.15, 0.2) is 5.78 Å². The van der Waals surface area contributed by atoms with Crippen LogP contribution in [0, 0.1) is 11.8 Å². The number of piperidine rings is 1.